The molecule has 1 aromatic carbocycles. The largest absolute Gasteiger partial charge is 0.496 e. The molecule has 0 aromatic heterocycles. The average Bonchev–Trinajstić information content (AvgIpc) is 2.28. The van der Waals surface area contributed by atoms with E-state index in [2.05, 4.69) is 26.0 Å². The molecule has 0 amide bonds. The van der Waals surface area contributed by atoms with E-state index in [0.29, 0.717) is 12.3 Å². The van der Waals surface area contributed by atoms with Gasteiger partial charge in [0.2, 0.25) is 0 Å². The fourth-order valence-electron chi connectivity index (χ4n) is 1.70. The van der Waals surface area contributed by atoms with Crippen molar-refractivity contribution >= 4 is 0 Å². The van der Waals surface area contributed by atoms with Gasteiger partial charge in [0, 0.05) is 18.2 Å². The van der Waals surface area contributed by atoms with Crippen LogP contribution in [0.1, 0.15) is 43.4 Å². The number of nitrogens with two attached hydrogens (primary N) is 1. The lowest BCUT2D eigenvalue weighted by molar-refractivity contribution is 0.275. The lowest BCUT2D eigenvalue weighted by Gasteiger charge is -2.17. The molecule has 0 spiro atoms. The Morgan fingerprint density at radius 3 is 2.56 bits per heavy atom. The van der Waals surface area contributed by atoms with E-state index in [1.54, 1.807) is 7.11 Å². The SMILES string of the molecule is COc1ccc(C(C)C)cc1[C@H](N)CCO. The molecule has 0 aliphatic carbocycles. The quantitative estimate of drug-likeness (QED) is 0.804. The van der Waals surface area contributed by atoms with Gasteiger partial charge in [-0.25, -0.2) is 0 Å². The molecule has 1 rings (SSSR count). The van der Waals surface area contributed by atoms with Crippen LogP contribution in [0.15, 0.2) is 18.2 Å². The first kappa shape index (κ1) is 13.0. The van der Waals surface area contributed by atoms with Gasteiger partial charge in [-0.3, -0.25) is 0 Å². The predicted molar refractivity (Wildman–Crippen MR) is 65.7 cm³/mol. The third-order valence-electron chi connectivity index (χ3n) is 2.76. The molecule has 0 saturated heterocycles. The van der Waals surface area contributed by atoms with E-state index in [0.717, 1.165) is 11.3 Å². The van der Waals surface area contributed by atoms with E-state index in [1.165, 1.54) is 5.56 Å². The van der Waals surface area contributed by atoms with Crippen LogP contribution < -0.4 is 10.5 Å². The number of ether oxygens (including phenoxy) is 1. The van der Waals surface area contributed by atoms with Gasteiger partial charge >= 0.3 is 0 Å². The Bertz CT molecular complexity index is 337. The zero-order chi connectivity index (χ0) is 12.1. The van der Waals surface area contributed by atoms with E-state index in [-0.39, 0.29) is 12.6 Å². The molecule has 3 heteroatoms. The minimum Gasteiger partial charge on any atom is -0.496 e. The molecule has 0 aliphatic rings. The summed E-state index contributed by atoms with van der Waals surface area (Å²) in [6.07, 6.45) is 0.553. The van der Waals surface area contributed by atoms with Gasteiger partial charge in [0.1, 0.15) is 5.75 Å². The molecular weight excluding hydrogens is 202 g/mol. The molecule has 1 aromatic rings. The highest BCUT2D eigenvalue weighted by Gasteiger charge is 2.13. The van der Waals surface area contributed by atoms with E-state index in [1.807, 2.05) is 6.07 Å². The maximum atomic E-state index is 8.92. The summed E-state index contributed by atoms with van der Waals surface area (Å²) in [4.78, 5) is 0. The number of hydrogen-bond donors (Lipinski definition) is 2. The highest BCUT2D eigenvalue weighted by Crippen LogP contribution is 2.29. The van der Waals surface area contributed by atoms with Gasteiger partial charge in [0.25, 0.3) is 0 Å². The highest BCUT2D eigenvalue weighted by molar-refractivity contribution is 5.40. The molecule has 0 heterocycles. The van der Waals surface area contributed by atoms with Gasteiger partial charge in [-0.2, -0.15) is 0 Å². The summed E-state index contributed by atoms with van der Waals surface area (Å²) in [6.45, 7) is 4.38. The van der Waals surface area contributed by atoms with E-state index in [4.69, 9.17) is 15.6 Å². The van der Waals surface area contributed by atoms with Crippen molar-refractivity contribution in [3.05, 3.63) is 29.3 Å². The van der Waals surface area contributed by atoms with Gasteiger partial charge in [-0.15, -0.1) is 0 Å². The van der Waals surface area contributed by atoms with Crippen molar-refractivity contribution < 1.29 is 9.84 Å². The van der Waals surface area contributed by atoms with Crippen molar-refractivity contribution in [2.45, 2.75) is 32.2 Å². The third-order valence-corrected chi connectivity index (χ3v) is 2.76. The topological polar surface area (TPSA) is 55.5 Å². The fourth-order valence-corrected chi connectivity index (χ4v) is 1.70. The standard InChI is InChI=1S/C13H21NO2/c1-9(2)10-4-5-13(16-3)11(8-10)12(14)6-7-15/h4-5,8-9,12,15H,6-7,14H2,1-3H3/t12-/m1/s1. The molecule has 0 saturated carbocycles. The highest BCUT2D eigenvalue weighted by atomic mass is 16.5. The molecule has 0 fully saturated rings. The van der Waals surface area contributed by atoms with Gasteiger partial charge in [-0.05, 0) is 24.0 Å². The minimum absolute atomic E-state index is 0.0935. The molecule has 3 N–H and O–H groups in total. The van der Waals surface area contributed by atoms with Crippen LogP contribution in [0, 0.1) is 0 Å². The Kier molecular flexibility index (Phi) is 4.77. The summed E-state index contributed by atoms with van der Waals surface area (Å²) in [6, 6.07) is 5.91. The molecule has 0 unspecified atom stereocenters. The Hall–Kier alpha value is -1.06. The van der Waals surface area contributed by atoms with Crippen LogP contribution in [-0.4, -0.2) is 18.8 Å². The Morgan fingerprint density at radius 2 is 2.06 bits per heavy atom. The summed E-state index contributed by atoms with van der Waals surface area (Å²) in [7, 11) is 1.64. The van der Waals surface area contributed by atoms with Gasteiger partial charge < -0.3 is 15.6 Å². The molecule has 0 bridgehead atoms. The number of aliphatic hydroxyl groups excluding tert-OH is 1. The second kappa shape index (κ2) is 5.87. The second-order valence-corrected chi connectivity index (χ2v) is 4.27. The normalized spacial score (nSPS) is 12.9. The average molecular weight is 223 g/mol. The molecule has 3 nitrogen and oxygen atoms in total. The zero-order valence-electron chi connectivity index (χ0n) is 10.2. The Labute approximate surface area is 97.2 Å². The lowest BCUT2D eigenvalue weighted by Crippen LogP contribution is -2.13. The number of hydrogen-bond acceptors (Lipinski definition) is 3. The smallest absolute Gasteiger partial charge is 0.123 e. The van der Waals surface area contributed by atoms with Crippen LogP contribution in [0.4, 0.5) is 0 Å². The van der Waals surface area contributed by atoms with E-state index < -0.39 is 0 Å². The van der Waals surface area contributed by atoms with Crippen LogP contribution in [0.2, 0.25) is 0 Å². The fraction of sp³-hybridized carbons (Fsp3) is 0.538. The number of benzene rings is 1. The van der Waals surface area contributed by atoms with Crippen LogP contribution in [0.25, 0.3) is 0 Å². The first-order valence-corrected chi connectivity index (χ1v) is 5.64. The van der Waals surface area contributed by atoms with E-state index >= 15 is 0 Å². The van der Waals surface area contributed by atoms with Crippen molar-refractivity contribution in [1.29, 1.82) is 0 Å². The molecule has 90 valence electrons. The summed E-state index contributed by atoms with van der Waals surface area (Å²) >= 11 is 0. The zero-order valence-corrected chi connectivity index (χ0v) is 10.2. The number of rotatable bonds is 5. The van der Waals surface area contributed by atoms with Crippen LogP contribution in [0.5, 0.6) is 5.75 Å². The molecule has 16 heavy (non-hydrogen) atoms. The van der Waals surface area contributed by atoms with E-state index in [9.17, 15) is 0 Å². The maximum Gasteiger partial charge on any atom is 0.123 e. The summed E-state index contributed by atoms with van der Waals surface area (Å²) < 4.78 is 5.29. The Morgan fingerprint density at radius 1 is 1.38 bits per heavy atom. The lowest BCUT2D eigenvalue weighted by atomic mass is 9.96. The molecule has 1 atom stereocenters. The van der Waals surface area contributed by atoms with Gasteiger partial charge in [0.15, 0.2) is 0 Å². The van der Waals surface area contributed by atoms with Crippen molar-refractivity contribution in [3.63, 3.8) is 0 Å². The third kappa shape index (κ3) is 2.97. The van der Waals surface area contributed by atoms with Crippen molar-refractivity contribution in [2.24, 2.45) is 5.73 Å². The summed E-state index contributed by atoms with van der Waals surface area (Å²) in [5.74, 6) is 1.26. The predicted octanol–water partition coefficient (Wildman–Crippen LogP) is 2.20. The second-order valence-electron chi connectivity index (χ2n) is 4.27. The summed E-state index contributed by atoms with van der Waals surface area (Å²) in [5.41, 5.74) is 8.23. The first-order valence-electron chi connectivity index (χ1n) is 5.64. The van der Waals surface area contributed by atoms with Crippen molar-refractivity contribution in [1.82, 2.24) is 0 Å². The van der Waals surface area contributed by atoms with Gasteiger partial charge in [0.05, 0.1) is 7.11 Å². The Balaban J connectivity index is 3.06. The van der Waals surface area contributed by atoms with Crippen LogP contribution in [-0.2, 0) is 0 Å². The molecule has 0 radical (unpaired) electrons. The van der Waals surface area contributed by atoms with Crippen molar-refractivity contribution in [3.8, 4) is 5.75 Å². The summed E-state index contributed by atoms with van der Waals surface area (Å²) in [5, 5.41) is 8.92. The monoisotopic (exact) mass is 223 g/mol. The van der Waals surface area contributed by atoms with Crippen molar-refractivity contribution in [2.75, 3.05) is 13.7 Å². The maximum absolute atomic E-state index is 8.92. The number of methoxy groups -OCH3 is 1. The number of aliphatic hydroxyl groups is 1. The van der Waals surface area contributed by atoms with Crippen LogP contribution >= 0.6 is 0 Å². The van der Waals surface area contributed by atoms with Crippen LogP contribution in [0.3, 0.4) is 0 Å². The molecule has 0 aliphatic heterocycles. The molecular formula is C13H21NO2. The minimum atomic E-state index is -0.168. The first-order chi connectivity index (χ1) is 7.60. The van der Waals surface area contributed by atoms with Gasteiger partial charge in [-0.1, -0.05) is 26.0 Å².